The van der Waals surface area contributed by atoms with Crippen molar-refractivity contribution < 1.29 is 0 Å². The summed E-state index contributed by atoms with van der Waals surface area (Å²) in [5, 5.41) is 10.4. The zero-order chi connectivity index (χ0) is 19.8. The highest BCUT2D eigenvalue weighted by Gasteiger charge is 2.41. The van der Waals surface area contributed by atoms with Crippen molar-refractivity contribution in [1.29, 1.82) is 5.26 Å². The maximum Gasteiger partial charge on any atom is 0.0861 e. The summed E-state index contributed by atoms with van der Waals surface area (Å²) in [7, 11) is 2.18. The molecule has 1 unspecified atom stereocenters. The van der Waals surface area contributed by atoms with Gasteiger partial charge >= 0.3 is 0 Å². The van der Waals surface area contributed by atoms with Crippen LogP contribution in [0, 0.1) is 17.2 Å². The maximum absolute atomic E-state index is 10.4. The molecule has 0 bridgehead atoms. The molecule has 2 aromatic rings. The molecular weight excluding hydrogens is 408 g/mol. The molecule has 1 saturated carbocycles. The van der Waals surface area contributed by atoms with Crippen molar-refractivity contribution in [2.75, 3.05) is 13.6 Å². The fraction of sp³-hybridized carbons (Fsp3) is 0.480. The molecule has 0 aliphatic heterocycles. The predicted octanol–water partition coefficient (Wildman–Crippen LogP) is 6.70. The molecule has 2 nitrogen and oxygen atoms in total. The van der Waals surface area contributed by atoms with Gasteiger partial charge in [0.25, 0.3) is 0 Å². The average molecular weight is 439 g/mol. The molecule has 0 radical (unpaired) electrons. The van der Waals surface area contributed by atoms with E-state index in [0.717, 1.165) is 30.4 Å². The Kier molecular flexibility index (Phi) is 7.71. The molecule has 0 amide bonds. The van der Waals surface area contributed by atoms with E-state index in [4.69, 9.17) is 0 Å². The van der Waals surface area contributed by atoms with E-state index in [1.54, 1.807) is 0 Å². The van der Waals surface area contributed by atoms with Gasteiger partial charge in [-0.05, 0) is 62.4 Å². The lowest BCUT2D eigenvalue weighted by atomic mass is 9.63. The summed E-state index contributed by atoms with van der Waals surface area (Å²) in [6.45, 7) is 1.97. The van der Waals surface area contributed by atoms with Crippen LogP contribution in [0.5, 0.6) is 0 Å². The summed E-state index contributed by atoms with van der Waals surface area (Å²) in [5.74, 6) is 0.462. The first-order valence-electron chi connectivity index (χ1n) is 10.5. The Labute approximate surface area is 178 Å². The molecule has 1 atom stereocenters. The Bertz CT molecular complexity index is 777. The van der Waals surface area contributed by atoms with Crippen LogP contribution < -0.4 is 0 Å². The van der Waals surface area contributed by atoms with Crippen LogP contribution in [0.15, 0.2) is 59.1 Å². The van der Waals surface area contributed by atoms with Crippen LogP contribution in [0.4, 0.5) is 0 Å². The highest BCUT2D eigenvalue weighted by molar-refractivity contribution is 9.10. The fourth-order valence-corrected chi connectivity index (χ4v) is 5.43. The highest BCUT2D eigenvalue weighted by atomic mass is 79.9. The summed E-state index contributed by atoms with van der Waals surface area (Å²) in [6.07, 6.45) is 8.14. The molecule has 1 fully saturated rings. The molecule has 2 aromatic carbocycles. The number of nitriles is 1. The quantitative estimate of drug-likeness (QED) is 0.458. The second-order valence-corrected chi connectivity index (χ2v) is 9.08. The monoisotopic (exact) mass is 438 g/mol. The van der Waals surface area contributed by atoms with Crippen molar-refractivity contribution in [2.45, 2.75) is 56.9 Å². The fourth-order valence-electron chi connectivity index (χ4n) is 4.79. The summed E-state index contributed by atoms with van der Waals surface area (Å²) < 4.78 is 1.08. The van der Waals surface area contributed by atoms with Crippen molar-refractivity contribution in [2.24, 2.45) is 5.92 Å². The van der Waals surface area contributed by atoms with Crippen LogP contribution in [-0.4, -0.2) is 18.5 Å². The van der Waals surface area contributed by atoms with Gasteiger partial charge in [-0.15, -0.1) is 0 Å². The van der Waals surface area contributed by atoms with Gasteiger partial charge in [-0.2, -0.15) is 5.26 Å². The molecular formula is C25H31BrN2. The zero-order valence-corrected chi connectivity index (χ0v) is 18.5. The van der Waals surface area contributed by atoms with E-state index in [-0.39, 0.29) is 5.41 Å². The smallest absolute Gasteiger partial charge is 0.0861 e. The summed E-state index contributed by atoms with van der Waals surface area (Å²) in [4.78, 5) is 2.37. The van der Waals surface area contributed by atoms with E-state index >= 15 is 0 Å². The molecule has 0 N–H and O–H groups in total. The van der Waals surface area contributed by atoms with Crippen molar-refractivity contribution in [3.05, 3.63) is 70.2 Å². The van der Waals surface area contributed by atoms with E-state index in [9.17, 15) is 5.26 Å². The molecule has 3 heteroatoms. The molecule has 3 rings (SSSR count). The van der Waals surface area contributed by atoms with E-state index < -0.39 is 0 Å². The Morgan fingerprint density at radius 1 is 1.04 bits per heavy atom. The summed E-state index contributed by atoms with van der Waals surface area (Å²) in [5.41, 5.74) is 2.15. The Hall–Kier alpha value is -1.63. The van der Waals surface area contributed by atoms with Gasteiger partial charge in [-0.3, -0.25) is 0 Å². The standard InChI is InChI=1S/C25H31BrN2/c1-28(19-21-11-4-2-5-12-21)18-10-17-25(20-27,22-13-6-3-7-14-22)23-15-8-9-16-24(23)26/h2,4-5,8-9,11-12,15-16,22H,3,6-7,10,13-14,17-19H2,1H3. The Balaban J connectivity index is 1.72. The van der Waals surface area contributed by atoms with Crippen LogP contribution >= 0.6 is 15.9 Å². The summed E-state index contributed by atoms with van der Waals surface area (Å²) in [6, 6.07) is 21.8. The lowest BCUT2D eigenvalue weighted by Crippen LogP contribution is -2.36. The van der Waals surface area contributed by atoms with Crippen LogP contribution in [-0.2, 0) is 12.0 Å². The zero-order valence-electron chi connectivity index (χ0n) is 16.9. The number of halogens is 1. The molecule has 1 aliphatic carbocycles. The largest absolute Gasteiger partial charge is 0.302 e. The Morgan fingerprint density at radius 2 is 1.71 bits per heavy atom. The lowest BCUT2D eigenvalue weighted by Gasteiger charge is -2.39. The van der Waals surface area contributed by atoms with Gasteiger partial charge in [-0.25, -0.2) is 0 Å². The van der Waals surface area contributed by atoms with Gasteiger partial charge in [0.05, 0.1) is 11.5 Å². The van der Waals surface area contributed by atoms with E-state index in [1.165, 1.54) is 43.2 Å². The van der Waals surface area contributed by atoms with E-state index in [1.807, 2.05) is 6.07 Å². The minimum absolute atomic E-state index is 0.381. The van der Waals surface area contributed by atoms with E-state index in [0.29, 0.717) is 5.92 Å². The maximum atomic E-state index is 10.4. The van der Waals surface area contributed by atoms with Crippen molar-refractivity contribution in [3.63, 3.8) is 0 Å². The van der Waals surface area contributed by atoms with Gasteiger partial charge in [0.15, 0.2) is 0 Å². The minimum atomic E-state index is -0.381. The SMILES string of the molecule is CN(CCCC(C#N)(c1ccccc1Br)C1CCCCC1)Cc1ccccc1. The van der Waals surface area contributed by atoms with Crippen molar-refractivity contribution in [1.82, 2.24) is 4.90 Å². The van der Waals surface area contributed by atoms with Crippen LogP contribution in [0.1, 0.15) is 56.1 Å². The molecule has 1 aliphatic rings. The first-order valence-corrected chi connectivity index (χ1v) is 11.3. The lowest BCUT2D eigenvalue weighted by molar-refractivity contribution is 0.222. The third-order valence-corrected chi connectivity index (χ3v) is 6.95. The van der Waals surface area contributed by atoms with Crippen LogP contribution in [0.25, 0.3) is 0 Å². The number of benzene rings is 2. The average Bonchev–Trinajstić information content (AvgIpc) is 2.73. The molecule has 0 spiro atoms. The van der Waals surface area contributed by atoms with Gasteiger partial charge < -0.3 is 4.90 Å². The molecule has 0 aromatic heterocycles. The Morgan fingerprint density at radius 3 is 2.39 bits per heavy atom. The van der Waals surface area contributed by atoms with Gasteiger partial charge in [0.1, 0.15) is 0 Å². The topological polar surface area (TPSA) is 27.0 Å². The molecule has 0 heterocycles. The van der Waals surface area contributed by atoms with Gasteiger partial charge in [0, 0.05) is 11.0 Å². The van der Waals surface area contributed by atoms with Crippen molar-refractivity contribution >= 4 is 15.9 Å². The second-order valence-electron chi connectivity index (χ2n) is 8.22. The number of hydrogen-bond donors (Lipinski definition) is 0. The third kappa shape index (κ3) is 5.04. The minimum Gasteiger partial charge on any atom is -0.302 e. The molecule has 148 valence electrons. The number of rotatable bonds is 8. The first-order chi connectivity index (χ1) is 13.7. The highest BCUT2D eigenvalue weighted by Crippen LogP contribution is 2.46. The van der Waals surface area contributed by atoms with Gasteiger partial charge in [0.2, 0.25) is 0 Å². The van der Waals surface area contributed by atoms with Crippen molar-refractivity contribution in [3.8, 4) is 6.07 Å². The number of hydrogen-bond acceptors (Lipinski definition) is 2. The number of nitrogens with zero attached hydrogens (tertiary/aromatic N) is 2. The molecule has 0 saturated heterocycles. The van der Waals surface area contributed by atoms with Crippen LogP contribution in [0.3, 0.4) is 0 Å². The third-order valence-electron chi connectivity index (χ3n) is 6.26. The second kappa shape index (κ2) is 10.2. The molecule has 28 heavy (non-hydrogen) atoms. The normalized spacial score (nSPS) is 17.2. The van der Waals surface area contributed by atoms with Crippen LogP contribution in [0.2, 0.25) is 0 Å². The van der Waals surface area contributed by atoms with Gasteiger partial charge in [-0.1, -0.05) is 83.7 Å². The van der Waals surface area contributed by atoms with E-state index in [2.05, 4.69) is 82.5 Å². The first kappa shape index (κ1) is 21.1. The summed E-state index contributed by atoms with van der Waals surface area (Å²) >= 11 is 3.74. The predicted molar refractivity (Wildman–Crippen MR) is 120 cm³/mol.